The predicted octanol–water partition coefficient (Wildman–Crippen LogP) is 2.44. The van der Waals surface area contributed by atoms with Gasteiger partial charge in [-0.15, -0.1) is 0 Å². The summed E-state index contributed by atoms with van der Waals surface area (Å²) >= 11 is 0. The van der Waals surface area contributed by atoms with E-state index in [2.05, 4.69) is 4.98 Å². The molecule has 1 saturated carbocycles. The molecule has 15 heavy (non-hydrogen) atoms. The van der Waals surface area contributed by atoms with Crippen LogP contribution >= 0.6 is 0 Å². The average molecular weight is 202 g/mol. The second-order valence-electron chi connectivity index (χ2n) is 4.06. The van der Waals surface area contributed by atoms with Crippen LogP contribution in [-0.4, -0.2) is 11.6 Å². The fourth-order valence-electron chi connectivity index (χ4n) is 1.62. The first kappa shape index (κ1) is 9.97. The van der Waals surface area contributed by atoms with Crippen LogP contribution in [0.25, 0.3) is 0 Å². The van der Waals surface area contributed by atoms with E-state index < -0.39 is 0 Å². The molecule has 1 heterocycles. The fourth-order valence-corrected chi connectivity index (χ4v) is 1.62. The Labute approximate surface area is 89.7 Å². The first-order valence-corrected chi connectivity index (χ1v) is 5.29. The lowest BCUT2D eigenvalue weighted by Gasteiger charge is -2.25. The van der Waals surface area contributed by atoms with Gasteiger partial charge in [-0.1, -0.05) is 6.42 Å². The van der Waals surface area contributed by atoms with E-state index in [1.165, 1.54) is 19.3 Å². The zero-order valence-corrected chi connectivity index (χ0v) is 8.86. The number of aryl methyl sites for hydroxylation is 1. The van der Waals surface area contributed by atoms with Gasteiger partial charge in [-0.2, -0.15) is 5.26 Å². The highest BCUT2D eigenvalue weighted by atomic mass is 16.5. The van der Waals surface area contributed by atoms with Crippen molar-refractivity contribution >= 4 is 0 Å². The Kier molecular flexibility index (Phi) is 2.86. The SMILES string of the molecule is Cc1cc(OCC2CCC2)cnc1C#N. The van der Waals surface area contributed by atoms with E-state index in [1.54, 1.807) is 6.20 Å². The molecule has 0 unspecified atom stereocenters. The van der Waals surface area contributed by atoms with Gasteiger partial charge >= 0.3 is 0 Å². The lowest BCUT2D eigenvalue weighted by atomic mass is 9.86. The van der Waals surface area contributed by atoms with E-state index in [4.69, 9.17) is 10.00 Å². The number of ether oxygens (including phenoxy) is 1. The fraction of sp³-hybridized carbons (Fsp3) is 0.500. The maximum Gasteiger partial charge on any atom is 0.143 e. The van der Waals surface area contributed by atoms with Crippen LogP contribution in [0.15, 0.2) is 12.3 Å². The molecule has 2 rings (SSSR count). The Bertz CT molecular complexity index is 391. The topological polar surface area (TPSA) is 45.9 Å². The van der Waals surface area contributed by atoms with Crippen LogP contribution in [0.1, 0.15) is 30.5 Å². The van der Waals surface area contributed by atoms with Gasteiger partial charge in [0.25, 0.3) is 0 Å². The quantitative estimate of drug-likeness (QED) is 0.756. The predicted molar refractivity (Wildman–Crippen MR) is 56.5 cm³/mol. The lowest BCUT2D eigenvalue weighted by Crippen LogP contribution is -2.19. The number of hydrogen-bond acceptors (Lipinski definition) is 3. The highest BCUT2D eigenvalue weighted by molar-refractivity contribution is 5.35. The van der Waals surface area contributed by atoms with E-state index in [9.17, 15) is 0 Å². The molecule has 1 fully saturated rings. The van der Waals surface area contributed by atoms with Crippen LogP contribution in [0.5, 0.6) is 5.75 Å². The number of aromatic nitrogens is 1. The molecule has 78 valence electrons. The summed E-state index contributed by atoms with van der Waals surface area (Å²) in [4.78, 5) is 4.03. The van der Waals surface area contributed by atoms with E-state index in [-0.39, 0.29) is 0 Å². The first-order chi connectivity index (χ1) is 7.29. The minimum atomic E-state index is 0.478. The number of nitriles is 1. The summed E-state index contributed by atoms with van der Waals surface area (Å²) in [6, 6.07) is 3.92. The zero-order valence-electron chi connectivity index (χ0n) is 8.86. The van der Waals surface area contributed by atoms with Crippen LogP contribution in [0.2, 0.25) is 0 Å². The third-order valence-corrected chi connectivity index (χ3v) is 2.87. The lowest BCUT2D eigenvalue weighted by molar-refractivity contribution is 0.180. The molecule has 0 spiro atoms. The summed E-state index contributed by atoms with van der Waals surface area (Å²) in [5.41, 5.74) is 1.36. The van der Waals surface area contributed by atoms with E-state index >= 15 is 0 Å². The first-order valence-electron chi connectivity index (χ1n) is 5.29. The van der Waals surface area contributed by atoms with Gasteiger partial charge in [0.2, 0.25) is 0 Å². The zero-order chi connectivity index (χ0) is 10.7. The maximum absolute atomic E-state index is 8.72. The van der Waals surface area contributed by atoms with Crippen LogP contribution in [0.4, 0.5) is 0 Å². The van der Waals surface area contributed by atoms with Crippen molar-refractivity contribution in [3.8, 4) is 11.8 Å². The summed E-state index contributed by atoms with van der Waals surface area (Å²) in [7, 11) is 0. The normalized spacial score (nSPS) is 15.5. The largest absolute Gasteiger partial charge is 0.492 e. The molecule has 1 aromatic rings. The molecule has 0 aromatic carbocycles. The Morgan fingerprint density at radius 1 is 1.60 bits per heavy atom. The van der Waals surface area contributed by atoms with Crippen molar-refractivity contribution in [3.05, 3.63) is 23.5 Å². The molecular weight excluding hydrogens is 188 g/mol. The number of rotatable bonds is 3. The Hall–Kier alpha value is -1.56. The van der Waals surface area contributed by atoms with Crippen LogP contribution in [0.3, 0.4) is 0 Å². The third kappa shape index (κ3) is 2.27. The van der Waals surface area contributed by atoms with Crippen molar-refractivity contribution in [2.45, 2.75) is 26.2 Å². The second kappa shape index (κ2) is 4.31. The molecule has 3 heteroatoms. The standard InChI is InChI=1S/C12H14N2O/c1-9-5-11(7-14-12(9)6-13)15-8-10-3-2-4-10/h5,7,10H,2-4,8H2,1H3. The summed E-state index contributed by atoms with van der Waals surface area (Å²) in [5, 5.41) is 8.72. The van der Waals surface area contributed by atoms with Gasteiger partial charge in [0.1, 0.15) is 17.5 Å². The molecule has 1 aromatic heterocycles. The van der Waals surface area contributed by atoms with E-state index in [0.29, 0.717) is 5.69 Å². The minimum Gasteiger partial charge on any atom is -0.492 e. The van der Waals surface area contributed by atoms with Gasteiger partial charge in [0.15, 0.2) is 0 Å². The smallest absolute Gasteiger partial charge is 0.143 e. The second-order valence-corrected chi connectivity index (χ2v) is 4.06. The van der Waals surface area contributed by atoms with Crippen molar-refractivity contribution in [2.24, 2.45) is 5.92 Å². The summed E-state index contributed by atoms with van der Waals surface area (Å²) < 4.78 is 5.62. The molecule has 0 bridgehead atoms. The van der Waals surface area contributed by atoms with E-state index in [0.717, 1.165) is 23.8 Å². The van der Waals surface area contributed by atoms with Gasteiger partial charge in [0.05, 0.1) is 12.8 Å². The van der Waals surface area contributed by atoms with Gasteiger partial charge in [-0.25, -0.2) is 4.98 Å². The Morgan fingerprint density at radius 2 is 2.40 bits per heavy atom. The van der Waals surface area contributed by atoms with Crippen LogP contribution in [0, 0.1) is 24.2 Å². The Morgan fingerprint density at radius 3 is 2.93 bits per heavy atom. The highest BCUT2D eigenvalue weighted by Gasteiger charge is 2.17. The van der Waals surface area contributed by atoms with Crippen molar-refractivity contribution in [2.75, 3.05) is 6.61 Å². The number of nitrogens with zero attached hydrogens (tertiary/aromatic N) is 2. The number of hydrogen-bond donors (Lipinski definition) is 0. The molecule has 0 atom stereocenters. The summed E-state index contributed by atoms with van der Waals surface area (Å²) in [5.74, 6) is 1.50. The third-order valence-electron chi connectivity index (χ3n) is 2.87. The van der Waals surface area contributed by atoms with Gasteiger partial charge in [-0.3, -0.25) is 0 Å². The van der Waals surface area contributed by atoms with Crippen molar-refractivity contribution < 1.29 is 4.74 Å². The molecule has 1 aliphatic carbocycles. The molecule has 0 radical (unpaired) electrons. The van der Waals surface area contributed by atoms with Crippen molar-refractivity contribution in [1.82, 2.24) is 4.98 Å². The molecule has 0 saturated heterocycles. The molecule has 3 nitrogen and oxygen atoms in total. The molecule has 0 N–H and O–H groups in total. The molecule has 1 aliphatic rings. The van der Waals surface area contributed by atoms with Crippen molar-refractivity contribution in [1.29, 1.82) is 5.26 Å². The van der Waals surface area contributed by atoms with Gasteiger partial charge < -0.3 is 4.74 Å². The molecular formula is C12H14N2O. The van der Waals surface area contributed by atoms with Gasteiger partial charge in [-0.05, 0) is 37.3 Å². The highest BCUT2D eigenvalue weighted by Crippen LogP contribution is 2.27. The Balaban J connectivity index is 1.97. The monoisotopic (exact) mass is 202 g/mol. The summed E-state index contributed by atoms with van der Waals surface area (Å²) in [6.07, 6.45) is 5.52. The number of pyridine rings is 1. The van der Waals surface area contributed by atoms with Gasteiger partial charge in [0, 0.05) is 0 Å². The summed E-state index contributed by atoms with van der Waals surface area (Å²) in [6.45, 7) is 2.66. The van der Waals surface area contributed by atoms with Crippen LogP contribution in [-0.2, 0) is 0 Å². The van der Waals surface area contributed by atoms with Crippen LogP contribution < -0.4 is 4.74 Å². The average Bonchev–Trinajstić information content (AvgIpc) is 2.16. The van der Waals surface area contributed by atoms with Crippen molar-refractivity contribution in [3.63, 3.8) is 0 Å². The maximum atomic E-state index is 8.72. The molecule has 0 aliphatic heterocycles. The minimum absolute atomic E-state index is 0.478. The van der Waals surface area contributed by atoms with E-state index in [1.807, 2.05) is 19.1 Å². The molecule has 0 amide bonds.